The average molecular weight is 325 g/mol. The van der Waals surface area contributed by atoms with Gasteiger partial charge in [-0.05, 0) is 38.0 Å². The van der Waals surface area contributed by atoms with Crippen molar-refractivity contribution in [2.24, 2.45) is 0 Å². The van der Waals surface area contributed by atoms with E-state index in [1.165, 1.54) is 16.4 Å². The Morgan fingerprint density at radius 2 is 2.14 bits per heavy atom. The van der Waals surface area contributed by atoms with Gasteiger partial charge in [0.2, 0.25) is 15.9 Å². The molecule has 8 heteroatoms. The average Bonchev–Trinajstić information content (AvgIpc) is 3.06. The first-order chi connectivity index (χ1) is 10.4. The van der Waals surface area contributed by atoms with Gasteiger partial charge in [-0.1, -0.05) is 11.2 Å². The quantitative estimate of drug-likeness (QED) is 0.863. The standard InChI is InChI=1S/C14H16FN3O3S/c1-9-3-4-13(12(15)7-9)22(19,20)18-6-5-11(8-18)14-16-10(2)17-21-14/h3-4,7,11H,5-6,8H2,1-2H3. The second-order valence-electron chi connectivity index (χ2n) is 5.46. The van der Waals surface area contributed by atoms with Gasteiger partial charge in [0, 0.05) is 13.1 Å². The van der Waals surface area contributed by atoms with Crippen molar-refractivity contribution in [1.29, 1.82) is 0 Å². The van der Waals surface area contributed by atoms with Crippen LogP contribution >= 0.6 is 0 Å². The van der Waals surface area contributed by atoms with Gasteiger partial charge < -0.3 is 4.52 Å². The number of halogens is 1. The van der Waals surface area contributed by atoms with Crippen molar-refractivity contribution in [2.75, 3.05) is 13.1 Å². The van der Waals surface area contributed by atoms with Crippen molar-refractivity contribution in [3.63, 3.8) is 0 Å². The molecule has 2 heterocycles. The molecule has 0 N–H and O–H groups in total. The molecule has 1 aromatic heterocycles. The molecule has 1 aliphatic rings. The molecule has 1 aromatic carbocycles. The first-order valence-electron chi connectivity index (χ1n) is 6.94. The number of rotatable bonds is 3. The maximum atomic E-state index is 14.0. The summed E-state index contributed by atoms with van der Waals surface area (Å²) in [5.41, 5.74) is 0.678. The van der Waals surface area contributed by atoms with Crippen LogP contribution < -0.4 is 0 Å². The maximum Gasteiger partial charge on any atom is 0.246 e. The van der Waals surface area contributed by atoms with E-state index < -0.39 is 15.8 Å². The SMILES string of the molecule is Cc1ccc(S(=O)(=O)N2CCC(c3nc(C)no3)C2)c(F)c1. The summed E-state index contributed by atoms with van der Waals surface area (Å²) in [6.07, 6.45) is 0.578. The zero-order valence-electron chi connectivity index (χ0n) is 12.3. The van der Waals surface area contributed by atoms with Gasteiger partial charge >= 0.3 is 0 Å². The largest absolute Gasteiger partial charge is 0.339 e. The Hall–Kier alpha value is -1.80. The Balaban J connectivity index is 1.85. The molecule has 1 unspecified atom stereocenters. The van der Waals surface area contributed by atoms with Crippen molar-refractivity contribution in [1.82, 2.24) is 14.4 Å². The Bertz CT molecular complexity index is 803. The molecule has 0 radical (unpaired) electrons. The second-order valence-corrected chi connectivity index (χ2v) is 7.37. The third-order valence-corrected chi connectivity index (χ3v) is 5.65. The fourth-order valence-electron chi connectivity index (χ4n) is 2.58. The van der Waals surface area contributed by atoms with Gasteiger partial charge in [0.05, 0.1) is 5.92 Å². The molecule has 0 saturated carbocycles. The van der Waals surface area contributed by atoms with E-state index in [9.17, 15) is 12.8 Å². The predicted octanol–water partition coefficient (Wildman–Crippen LogP) is 2.00. The fourth-order valence-corrected chi connectivity index (χ4v) is 4.13. The van der Waals surface area contributed by atoms with Crippen LogP contribution in [-0.2, 0) is 10.0 Å². The van der Waals surface area contributed by atoms with Crippen molar-refractivity contribution >= 4 is 10.0 Å². The molecule has 1 atom stereocenters. The van der Waals surface area contributed by atoms with Crippen LogP contribution in [0.25, 0.3) is 0 Å². The zero-order chi connectivity index (χ0) is 15.9. The lowest BCUT2D eigenvalue weighted by atomic mass is 10.1. The van der Waals surface area contributed by atoms with E-state index in [-0.39, 0.29) is 17.4 Å². The van der Waals surface area contributed by atoms with Crippen molar-refractivity contribution in [3.05, 3.63) is 41.3 Å². The maximum absolute atomic E-state index is 14.0. The van der Waals surface area contributed by atoms with Crippen LogP contribution in [0.3, 0.4) is 0 Å². The number of benzene rings is 1. The monoisotopic (exact) mass is 325 g/mol. The molecule has 0 amide bonds. The number of hydrogen-bond acceptors (Lipinski definition) is 5. The van der Waals surface area contributed by atoms with E-state index in [1.54, 1.807) is 19.9 Å². The lowest BCUT2D eigenvalue weighted by Gasteiger charge is -2.16. The summed E-state index contributed by atoms with van der Waals surface area (Å²) in [5, 5.41) is 3.72. The van der Waals surface area contributed by atoms with Crippen LogP contribution in [0.15, 0.2) is 27.6 Å². The van der Waals surface area contributed by atoms with Gasteiger partial charge in [-0.3, -0.25) is 0 Å². The van der Waals surface area contributed by atoms with E-state index in [0.29, 0.717) is 30.2 Å². The molecule has 22 heavy (non-hydrogen) atoms. The smallest absolute Gasteiger partial charge is 0.246 e. The summed E-state index contributed by atoms with van der Waals surface area (Å²) < 4.78 is 45.5. The van der Waals surface area contributed by atoms with Crippen LogP contribution in [0.4, 0.5) is 4.39 Å². The molecule has 1 fully saturated rings. The summed E-state index contributed by atoms with van der Waals surface area (Å²) in [4.78, 5) is 3.85. The lowest BCUT2D eigenvalue weighted by Crippen LogP contribution is -2.29. The second kappa shape index (κ2) is 5.44. The summed E-state index contributed by atoms with van der Waals surface area (Å²) >= 11 is 0. The first kappa shape index (κ1) is 15.1. The molecule has 0 spiro atoms. The lowest BCUT2D eigenvalue weighted by molar-refractivity contribution is 0.351. The van der Waals surface area contributed by atoms with Crippen molar-refractivity contribution in [2.45, 2.75) is 31.1 Å². The van der Waals surface area contributed by atoms with E-state index in [4.69, 9.17) is 4.52 Å². The first-order valence-corrected chi connectivity index (χ1v) is 8.38. The molecule has 3 rings (SSSR count). The number of sulfonamides is 1. The highest BCUT2D eigenvalue weighted by atomic mass is 32.2. The highest BCUT2D eigenvalue weighted by molar-refractivity contribution is 7.89. The van der Waals surface area contributed by atoms with Crippen LogP contribution in [0.2, 0.25) is 0 Å². The normalized spacial score (nSPS) is 19.7. The van der Waals surface area contributed by atoms with Gasteiger partial charge in [0.1, 0.15) is 10.7 Å². The molecular formula is C14H16FN3O3S. The minimum Gasteiger partial charge on any atom is -0.339 e. The number of nitrogens with zero attached hydrogens (tertiary/aromatic N) is 3. The predicted molar refractivity (Wildman–Crippen MR) is 76.3 cm³/mol. The number of aromatic nitrogens is 2. The zero-order valence-corrected chi connectivity index (χ0v) is 13.1. The molecular weight excluding hydrogens is 309 g/mol. The molecule has 118 valence electrons. The molecule has 0 aliphatic carbocycles. The third kappa shape index (κ3) is 2.64. The minimum atomic E-state index is -3.85. The van der Waals surface area contributed by atoms with Crippen LogP contribution in [0.1, 0.15) is 29.6 Å². The summed E-state index contributed by atoms with van der Waals surface area (Å²) in [7, 11) is -3.85. The summed E-state index contributed by atoms with van der Waals surface area (Å²) in [6, 6.07) is 4.12. The summed E-state index contributed by atoms with van der Waals surface area (Å²) in [6.45, 7) is 3.94. The van der Waals surface area contributed by atoms with E-state index >= 15 is 0 Å². The van der Waals surface area contributed by atoms with E-state index in [0.717, 1.165) is 0 Å². The van der Waals surface area contributed by atoms with Gasteiger partial charge in [-0.15, -0.1) is 0 Å². The van der Waals surface area contributed by atoms with Crippen molar-refractivity contribution in [3.8, 4) is 0 Å². The van der Waals surface area contributed by atoms with Gasteiger partial charge in [-0.25, -0.2) is 12.8 Å². The highest BCUT2D eigenvalue weighted by Crippen LogP contribution is 2.31. The third-order valence-electron chi connectivity index (χ3n) is 3.75. The van der Waals surface area contributed by atoms with Crippen molar-refractivity contribution < 1.29 is 17.3 Å². The Morgan fingerprint density at radius 3 is 2.77 bits per heavy atom. The van der Waals surface area contributed by atoms with Crippen LogP contribution in [-0.4, -0.2) is 36.0 Å². The Labute approximate surface area is 128 Å². The Morgan fingerprint density at radius 1 is 1.36 bits per heavy atom. The van der Waals surface area contributed by atoms with E-state index in [2.05, 4.69) is 10.1 Å². The van der Waals surface area contributed by atoms with E-state index in [1.807, 2.05) is 0 Å². The molecule has 6 nitrogen and oxygen atoms in total. The topological polar surface area (TPSA) is 76.3 Å². The summed E-state index contributed by atoms with van der Waals surface area (Å²) in [5.74, 6) is 0.0713. The van der Waals surface area contributed by atoms with Gasteiger partial charge in [0.25, 0.3) is 0 Å². The fraction of sp³-hybridized carbons (Fsp3) is 0.429. The highest BCUT2D eigenvalue weighted by Gasteiger charge is 2.36. The minimum absolute atomic E-state index is 0.149. The van der Waals surface area contributed by atoms with Crippen LogP contribution in [0, 0.1) is 19.7 Å². The molecule has 2 aromatic rings. The Kier molecular flexibility index (Phi) is 3.73. The van der Waals surface area contributed by atoms with Crippen LogP contribution in [0.5, 0.6) is 0 Å². The van der Waals surface area contributed by atoms with Gasteiger partial charge in [0.15, 0.2) is 5.82 Å². The molecule has 1 saturated heterocycles. The number of hydrogen-bond donors (Lipinski definition) is 0. The van der Waals surface area contributed by atoms with Gasteiger partial charge in [-0.2, -0.15) is 9.29 Å². The molecule has 1 aliphatic heterocycles. The molecule has 0 bridgehead atoms. The number of aryl methyl sites for hydroxylation is 2.